The molecule has 0 saturated carbocycles. The molecule has 0 saturated heterocycles. The molecule has 0 heterocycles. The predicted molar refractivity (Wildman–Crippen MR) is 119 cm³/mol. The number of carbonyl (C=O) groups is 2. The zero-order valence-corrected chi connectivity index (χ0v) is 20.4. The molecule has 13 heteroatoms. The number of ether oxygens (including phenoxy) is 1. The summed E-state index contributed by atoms with van der Waals surface area (Å²) in [5, 5.41) is 2.79. The van der Waals surface area contributed by atoms with Crippen LogP contribution in [0.5, 0.6) is 0 Å². The van der Waals surface area contributed by atoms with Gasteiger partial charge in [0.25, 0.3) is 10.1 Å². The Hall–Kier alpha value is -1.73. The number of carbonyl (C=O) groups excluding carboxylic acids is 2. The van der Waals surface area contributed by atoms with Gasteiger partial charge in [-0.2, -0.15) is 13.1 Å². The maximum Gasteiger partial charge on any atom is 0.305 e. The molecule has 1 atom stereocenters. The van der Waals surface area contributed by atoms with Crippen molar-refractivity contribution >= 4 is 43.6 Å². The first kappa shape index (κ1) is 28.3. The minimum absolute atomic E-state index is 0.177. The maximum atomic E-state index is 12.5. The van der Waals surface area contributed by atoms with Crippen LogP contribution in [0.2, 0.25) is 5.02 Å². The highest BCUT2D eigenvalue weighted by Crippen LogP contribution is 2.16. The lowest BCUT2D eigenvalue weighted by Crippen LogP contribution is -2.42. The summed E-state index contributed by atoms with van der Waals surface area (Å²) in [5.74, 6) is -0.813. The third-order valence-corrected chi connectivity index (χ3v) is 6.43. The monoisotopic (exact) mass is 512 g/mol. The van der Waals surface area contributed by atoms with E-state index in [-0.39, 0.29) is 15.9 Å². The van der Waals surface area contributed by atoms with Crippen molar-refractivity contribution in [2.24, 2.45) is 0 Å². The van der Waals surface area contributed by atoms with Gasteiger partial charge in [-0.05, 0) is 31.0 Å². The molecule has 0 bridgehead atoms. The van der Waals surface area contributed by atoms with Crippen LogP contribution in [0.15, 0.2) is 29.2 Å². The highest BCUT2D eigenvalue weighted by molar-refractivity contribution is 7.89. The fraction of sp³-hybridized carbons (Fsp3) is 0.579. The van der Waals surface area contributed by atoms with E-state index < -0.39 is 38.7 Å². The number of rotatable bonds is 15. The van der Waals surface area contributed by atoms with Crippen LogP contribution in [0.3, 0.4) is 0 Å². The van der Waals surface area contributed by atoms with E-state index >= 15 is 0 Å². The average Bonchev–Trinajstić information content (AvgIpc) is 2.68. The number of unbranched alkanes of at least 4 members (excludes halogenated alkanes) is 4. The van der Waals surface area contributed by atoms with Gasteiger partial charge < -0.3 is 10.1 Å². The van der Waals surface area contributed by atoms with Crippen molar-refractivity contribution in [1.82, 2.24) is 10.0 Å². The van der Waals surface area contributed by atoms with Gasteiger partial charge in [0.2, 0.25) is 15.9 Å². The van der Waals surface area contributed by atoms with Gasteiger partial charge in [-0.1, -0.05) is 36.9 Å². The molecule has 1 aromatic rings. The van der Waals surface area contributed by atoms with Crippen LogP contribution >= 0.6 is 11.6 Å². The molecule has 0 radical (unpaired) electrons. The number of esters is 1. The molecule has 182 valence electrons. The number of hydrogen-bond donors (Lipinski definition) is 2. The Morgan fingerprint density at radius 2 is 1.72 bits per heavy atom. The Balaban J connectivity index is 2.51. The molecule has 1 unspecified atom stereocenters. The van der Waals surface area contributed by atoms with Gasteiger partial charge >= 0.3 is 5.97 Å². The first-order valence-corrected chi connectivity index (χ1v) is 13.6. The topological polar surface area (TPSA) is 145 Å². The number of methoxy groups -OCH3 is 1. The van der Waals surface area contributed by atoms with Gasteiger partial charge in [0.15, 0.2) is 0 Å². The number of sulfonamides is 1. The Morgan fingerprint density at radius 3 is 2.34 bits per heavy atom. The molecule has 2 N–H and O–H groups in total. The molecule has 0 aromatic heterocycles. The van der Waals surface area contributed by atoms with Crippen LogP contribution in [0.4, 0.5) is 0 Å². The molecular formula is C19H29ClN2O8S2. The normalized spacial score (nSPS) is 12.8. The van der Waals surface area contributed by atoms with E-state index in [2.05, 4.69) is 14.8 Å². The average molecular weight is 513 g/mol. The lowest BCUT2D eigenvalue weighted by Gasteiger charge is -2.18. The van der Waals surface area contributed by atoms with Crippen molar-refractivity contribution in [1.29, 1.82) is 0 Å². The third-order valence-electron chi connectivity index (χ3n) is 4.16. The molecule has 1 rings (SSSR count). The summed E-state index contributed by atoms with van der Waals surface area (Å²) in [5.41, 5.74) is 0. The Labute approximate surface area is 194 Å². The van der Waals surface area contributed by atoms with Gasteiger partial charge in [0, 0.05) is 18.0 Å². The maximum absolute atomic E-state index is 12.5. The lowest BCUT2D eigenvalue weighted by molar-refractivity contribution is -0.140. The quantitative estimate of drug-likeness (QED) is 0.157. The minimum Gasteiger partial charge on any atom is -0.469 e. The number of nitrogens with one attached hydrogen (secondary N) is 2. The van der Waals surface area contributed by atoms with Crippen molar-refractivity contribution < 1.29 is 35.3 Å². The van der Waals surface area contributed by atoms with Crippen LogP contribution in [-0.4, -0.2) is 54.9 Å². The van der Waals surface area contributed by atoms with Crippen molar-refractivity contribution in [2.45, 2.75) is 56.1 Å². The Bertz CT molecular complexity index is 967. The molecule has 10 nitrogen and oxygen atoms in total. The first-order valence-electron chi connectivity index (χ1n) is 9.92. The molecule has 1 amide bonds. The van der Waals surface area contributed by atoms with Gasteiger partial charge in [-0.15, -0.1) is 0 Å². The fourth-order valence-electron chi connectivity index (χ4n) is 2.68. The van der Waals surface area contributed by atoms with E-state index in [9.17, 15) is 26.4 Å². The summed E-state index contributed by atoms with van der Waals surface area (Å²) in [6.45, 7) is 0.336. The second-order valence-corrected chi connectivity index (χ2v) is 10.8. The molecule has 0 fully saturated rings. The number of benzene rings is 1. The van der Waals surface area contributed by atoms with E-state index in [1.54, 1.807) is 0 Å². The van der Waals surface area contributed by atoms with Gasteiger partial charge in [-0.3, -0.25) is 9.59 Å². The molecule has 1 aromatic carbocycles. The smallest absolute Gasteiger partial charge is 0.305 e. The minimum atomic E-state index is -4.18. The number of amides is 1. The molecular weight excluding hydrogens is 484 g/mol. The summed E-state index contributed by atoms with van der Waals surface area (Å²) in [6, 6.07) is 5.37. The van der Waals surface area contributed by atoms with Crippen molar-refractivity contribution in [3.8, 4) is 0 Å². The van der Waals surface area contributed by atoms with Crippen molar-refractivity contribution in [3.05, 3.63) is 29.3 Å². The molecule has 0 aliphatic rings. The van der Waals surface area contributed by atoms with Gasteiger partial charge in [0.05, 0.1) is 24.7 Å². The molecule has 0 spiro atoms. The van der Waals surface area contributed by atoms with Crippen molar-refractivity contribution in [3.63, 3.8) is 0 Å². The highest BCUT2D eigenvalue weighted by atomic mass is 35.5. The largest absolute Gasteiger partial charge is 0.469 e. The van der Waals surface area contributed by atoms with Crippen LogP contribution in [0.1, 0.15) is 44.9 Å². The predicted octanol–water partition coefficient (Wildman–Crippen LogP) is 1.94. The second-order valence-electron chi connectivity index (χ2n) is 7.02. The summed E-state index contributed by atoms with van der Waals surface area (Å²) >= 11 is 5.81. The SMILES string of the molecule is COC(=O)CCCCCCCNC(=O)CC(NS(=O)(=O)c1cccc(Cl)c1)OS(C)(=O)=O. The molecule has 0 aliphatic heterocycles. The highest BCUT2D eigenvalue weighted by Gasteiger charge is 2.26. The third kappa shape index (κ3) is 12.3. The van der Waals surface area contributed by atoms with Gasteiger partial charge in [-0.25, -0.2) is 12.6 Å². The zero-order chi connectivity index (χ0) is 24.2. The first-order chi connectivity index (χ1) is 14.9. The molecule has 0 aliphatic carbocycles. The van der Waals surface area contributed by atoms with Crippen LogP contribution in [0, 0.1) is 0 Å². The number of halogens is 1. The van der Waals surface area contributed by atoms with Crippen LogP contribution in [0.25, 0.3) is 0 Å². The van der Waals surface area contributed by atoms with Crippen LogP contribution in [-0.2, 0) is 38.7 Å². The van der Waals surface area contributed by atoms with E-state index in [4.69, 9.17) is 15.8 Å². The van der Waals surface area contributed by atoms with E-state index in [1.807, 2.05) is 0 Å². The fourth-order valence-corrected chi connectivity index (χ4v) is 4.68. The van der Waals surface area contributed by atoms with E-state index in [1.165, 1.54) is 31.4 Å². The van der Waals surface area contributed by atoms with E-state index in [0.29, 0.717) is 19.4 Å². The number of hydrogen-bond acceptors (Lipinski definition) is 8. The Morgan fingerprint density at radius 1 is 1.06 bits per heavy atom. The summed E-state index contributed by atoms with van der Waals surface area (Å²) < 4.78 is 59.4. The standard InChI is InChI=1S/C19H29ClN2O8S2/c1-29-19(24)11-6-4-3-5-7-12-21-17(23)14-18(30-31(2,25)26)22-32(27,28)16-10-8-9-15(20)13-16/h8-10,13,18,22H,3-7,11-12,14H2,1-2H3,(H,21,23). The molecule has 32 heavy (non-hydrogen) atoms. The van der Waals surface area contributed by atoms with E-state index in [0.717, 1.165) is 31.9 Å². The summed E-state index contributed by atoms with van der Waals surface area (Å²) in [4.78, 5) is 23.0. The van der Waals surface area contributed by atoms with Crippen molar-refractivity contribution in [2.75, 3.05) is 19.9 Å². The summed E-state index contributed by atoms with van der Waals surface area (Å²) in [7, 11) is -6.88. The summed E-state index contributed by atoms with van der Waals surface area (Å²) in [6.07, 6.45) is 2.95. The van der Waals surface area contributed by atoms with Gasteiger partial charge in [0.1, 0.15) is 6.23 Å². The second kappa shape index (κ2) is 13.7. The van der Waals surface area contributed by atoms with Crippen LogP contribution < -0.4 is 10.0 Å². The lowest BCUT2D eigenvalue weighted by atomic mass is 10.1. The Kier molecular flexibility index (Phi) is 12.1. The zero-order valence-electron chi connectivity index (χ0n) is 18.0.